The van der Waals surface area contributed by atoms with Gasteiger partial charge in [0.2, 0.25) is 41.4 Å². The van der Waals surface area contributed by atoms with E-state index in [9.17, 15) is 33.6 Å². The number of hydrogen-bond acceptors (Lipinski definition) is 9. The molecular formula is C39H60N10O7S. The number of benzene rings is 1. The van der Waals surface area contributed by atoms with E-state index in [1.807, 2.05) is 24.3 Å². The monoisotopic (exact) mass is 812 g/mol. The summed E-state index contributed by atoms with van der Waals surface area (Å²) >= 11 is 1.37. The maximum absolute atomic E-state index is 14.4. The Bertz CT molecular complexity index is 1660. The van der Waals surface area contributed by atoms with Crippen LogP contribution in [0.2, 0.25) is 0 Å². The lowest BCUT2D eigenvalue weighted by molar-refractivity contribution is -0.140. The van der Waals surface area contributed by atoms with E-state index in [0.29, 0.717) is 44.4 Å². The Morgan fingerprint density at radius 1 is 0.947 bits per heavy atom. The maximum Gasteiger partial charge on any atom is 0.244 e. The third-order valence-electron chi connectivity index (χ3n) is 10.6. The largest absolute Gasteiger partial charge is 0.370 e. The van der Waals surface area contributed by atoms with Crippen LogP contribution in [0.3, 0.4) is 0 Å². The molecule has 7 amide bonds. The van der Waals surface area contributed by atoms with Gasteiger partial charge in [-0.15, -0.1) is 0 Å². The molecule has 57 heavy (non-hydrogen) atoms. The second-order valence-corrected chi connectivity index (χ2v) is 17.2. The van der Waals surface area contributed by atoms with E-state index in [1.54, 1.807) is 20.8 Å². The molecule has 1 aliphatic carbocycles. The van der Waals surface area contributed by atoms with Crippen molar-refractivity contribution in [2.75, 3.05) is 25.4 Å². The molecular weight excluding hydrogens is 753 g/mol. The first-order chi connectivity index (χ1) is 27.0. The molecule has 2 aliphatic heterocycles. The van der Waals surface area contributed by atoms with Crippen LogP contribution in [-0.2, 0) is 45.7 Å². The second-order valence-electron chi connectivity index (χ2n) is 16.2. The molecule has 0 spiro atoms. The zero-order chi connectivity index (χ0) is 41.7. The first kappa shape index (κ1) is 44.8. The minimum absolute atomic E-state index is 0.0400. The first-order valence-corrected chi connectivity index (χ1v) is 21.0. The summed E-state index contributed by atoms with van der Waals surface area (Å²) in [6.45, 7) is 5.50. The zero-order valence-electron chi connectivity index (χ0n) is 33.3. The molecule has 17 nitrogen and oxygen atoms in total. The molecule has 3 aliphatic rings. The molecule has 2 heterocycles. The van der Waals surface area contributed by atoms with Crippen molar-refractivity contribution in [1.82, 2.24) is 31.5 Å². The van der Waals surface area contributed by atoms with Crippen LogP contribution in [-0.4, -0.2) is 108 Å². The van der Waals surface area contributed by atoms with Crippen LogP contribution in [0.15, 0.2) is 29.3 Å². The zero-order valence-corrected chi connectivity index (χ0v) is 34.1. The Kier molecular flexibility index (Phi) is 16.6. The molecule has 11 N–H and O–H groups in total. The van der Waals surface area contributed by atoms with Crippen molar-refractivity contribution in [1.29, 1.82) is 0 Å². The summed E-state index contributed by atoms with van der Waals surface area (Å²) in [5.41, 5.74) is 17.5. The van der Waals surface area contributed by atoms with Crippen LogP contribution in [0.5, 0.6) is 0 Å². The molecule has 314 valence electrons. The average molecular weight is 813 g/mol. The van der Waals surface area contributed by atoms with Gasteiger partial charge >= 0.3 is 0 Å². The second kappa shape index (κ2) is 21.0. The van der Waals surface area contributed by atoms with Crippen LogP contribution in [0.25, 0.3) is 0 Å². The normalized spacial score (nSPS) is 22.9. The fourth-order valence-electron chi connectivity index (χ4n) is 7.55. The number of amides is 7. The Balaban J connectivity index is 1.66. The maximum atomic E-state index is 14.4. The van der Waals surface area contributed by atoms with Crippen LogP contribution >= 0.6 is 11.8 Å². The van der Waals surface area contributed by atoms with Crippen LogP contribution in [0.1, 0.15) is 89.7 Å². The molecule has 0 radical (unpaired) electrons. The van der Waals surface area contributed by atoms with Crippen molar-refractivity contribution in [3.05, 3.63) is 35.4 Å². The number of thioether (sulfide) groups is 1. The Hall–Kier alpha value is -4.87. The summed E-state index contributed by atoms with van der Waals surface area (Å²) in [7, 11) is 0. The van der Waals surface area contributed by atoms with Gasteiger partial charge < -0.3 is 48.7 Å². The number of nitrogens with one attached hydrogen (secondary N) is 5. The standard InChI is InChI=1S/C39H60N10O7S/c1-39(2,3)32(33(40)52)48-34(53)26(14-8-16-43-38(41)42)45-35(54)27-22-57-21-24-11-7-10-23(18-24)19-29(50)44-20-30(51)49-17-9-15-28(49)36(55)47-31(37(56)46-27)25-12-5-4-6-13-25/h7,10-11,18,25-28,31-32H,4-6,8-9,12-17,19-22H2,1-3H3,(H2,40,52)(H,44,50)(H,45,54)(H,46,56)(H,47,55)(H,48,53)(H4,41,42,43)/t26-,27-,28-,31?,32+/m0/s1. The number of fused-ring (bicyclic) bond motifs is 3. The van der Waals surface area contributed by atoms with Gasteiger partial charge in [0.05, 0.1) is 13.0 Å². The first-order valence-electron chi connectivity index (χ1n) is 19.8. The number of carbonyl (C=O) groups is 7. The van der Waals surface area contributed by atoms with E-state index in [0.717, 1.165) is 30.4 Å². The van der Waals surface area contributed by atoms with E-state index in [-0.39, 0.29) is 55.4 Å². The predicted octanol–water partition coefficient (Wildman–Crippen LogP) is -0.312. The van der Waals surface area contributed by atoms with Crippen molar-refractivity contribution in [3.8, 4) is 0 Å². The predicted molar refractivity (Wildman–Crippen MR) is 217 cm³/mol. The highest BCUT2D eigenvalue weighted by atomic mass is 32.2. The number of carbonyl (C=O) groups excluding carboxylic acids is 7. The molecule has 0 aromatic heterocycles. The van der Waals surface area contributed by atoms with Crippen molar-refractivity contribution in [3.63, 3.8) is 0 Å². The van der Waals surface area contributed by atoms with E-state index < -0.39 is 65.2 Å². The molecule has 5 atom stereocenters. The lowest BCUT2D eigenvalue weighted by atomic mass is 9.83. The number of rotatable bonds is 10. The van der Waals surface area contributed by atoms with E-state index in [1.165, 1.54) is 16.7 Å². The topological polar surface area (TPSA) is 273 Å². The highest BCUT2D eigenvalue weighted by molar-refractivity contribution is 7.98. The SMILES string of the molecule is CC(C)(C)[C@H](NC(=O)[C@H](CCCN=C(N)N)NC(=O)[C@@H]1CSCc2cccc(c2)CC(=O)NCC(=O)N2CCC[C@H]2C(=O)NC(C2CCCCC2)C(=O)N1)C(N)=O. The molecule has 1 aromatic rings. The van der Waals surface area contributed by atoms with E-state index >= 15 is 0 Å². The van der Waals surface area contributed by atoms with Gasteiger partial charge in [0.25, 0.3) is 0 Å². The lowest BCUT2D eigenvalue weighted by Crippen LogP contribution is -2.61. The summed E-state index contributed by atoms with van der Waals surface area (Å²) in [6.07, 6.45) is 5.52. The van der Waals surface area contributed by atoms with Crippen molar-refractivity contribution in [2.24, 2.45) is 33.5 Å². The number of hydrogen-bond donors (Lipinski definition) is 8. The number of nitrogens with zero attached hydrogens (tertiary/aromatic N) is 2. The summed E-state index contributed by atoms with van der Waals surface area (Å²) in [5.74, 6) is -3.61. The molecule has 1 aromatic carbocycles. The molecule has 18 heteroatoms. The smallest absolute Gasteiger partial charge is 0.244 e. The van der Waals surface area contributed by atoms with E-state index in [2.05, 4.69) is 31.6 Å². The highest BCUT2D eigenvalue weighted by Gasteiger charge is 2.40. The molecule has 2 fully saturated rings. The highest BCUT2D eigenvalue weighted by Crippen LogP contribution is 2.28. The minimum atomic E-state index is -1.16. The van der Waals surface area contributed by atoms with Crippen molar-refractivity contribution < 1.29 is 33.6 Å². The average Bonchev–Trinajstić information content (AvgIpc) is 3.65. The van der Waals surface area contributed by atoms with Gasteiger partial charge in [-0.1, -0.05) is 64.3 Å². The van der Waals surface area contributed by atoms with Crippen LogP contribution in [0.4, 0.5) is 0 Å². The van der Waals surface area contributed by atoms with Crippen LogP contribution < -0.4 is 43.8 Å². The summed E-state index contributed by atoms with van der Waals surface area (Å²) in [5, 5.41) is 14.0. The lowest BCUT2D eigenvalue weighted by Gasteiger charge is -2.33. The number of guanidine groups is 1. The molecule has 1 saturated heterocycles. The summed E-state index contributed by atoms with van der Waals surface area (Å²) < 4.78 is 0. The van der Waals surface area contributed by atoms with Gasteiger partial charge in [0, 0.05) is 24.6 Å². The number of nitrogens with two attached hydrogens (primary N) is 3. The van der Waals surface area contributed by atoms with Gasteiger partial charge in [0.15, 0.2) is 5.96 Å². The fourth-order valence-corrected chi connectivity index (χ4v) is 8.55. The van der Waals surface area contributed by atoms with Gasteiger partial charge in [-0.3, -0.25) is 38.6 Å². The Labute approximate surface area is 338 Å². The molecule has 4 rings (SSSR count). The Morgan fingerprint density at radius 2 is 1.67 bits per heavy atom. The quantitative estimate of drug-likeness (QED) is 0.0867. The molecule has 1 saturated carbocycles. The third-order valence-corrected chi connectivity index (χ3v) is 11.7. The Morgan fingerprint density at radius 3 is 2.35 bits per heavy atom. The van der Waals surface area contributed by atoms with Crippen molar-refractivity contribution >= 4 is 59.1 Å². The van der Waals surface area contributed by atoms with Gasteiger partial charge in [-0.25, -0.2) is 0 Å². The van der Waals surface area contributed by atoms with E-state index in [4.69, 9.17) is 17.2 Å². The molecule has 2 bridgehead atoms. The third kappa shape index (κ3) is 13.6. The minimum Gasteiger partial charge on any atom is -0.370 e. The van der Waals surface area contributed by atoms with Gasteiger partial charge in [-0.2, -0.15) is 11.8 Å². The summed E-state index contributed by atoms with van der Waals surface area (Å²) in [4.78, 5) is 100. The van der Waals surface area contributed by atoms with Crippen molar-refractivity contribution in [2.45, 2.75) is 121 Å². The van der Waals surface area contributed by atoms with Gasteiger partial charge in [0.1, 0.15) is 30.2 Å². The number of primary amides is 1. The number of aliphatic imine (C=N–C) groups is 1. The summed E-state index contributed by atoms with van der Waals surface area (Å²) in [6, 6.07) is 2.21. The van der Waals surface area contributed by atoms with Crippen LogP contribution in [0, 0.1) is 11.3 Å². The van der Waals surface area contributed by atoms with Gasteiger partial charge in [-0.05, 0) is 61.0 Å². The molecule has 1 unspecified atom stereocenters. The fraction of sp³-hybridized carbons (Fsp3) is 0.641.